The highest BCUT2D eigenvalue weighted by molar-refractivity contribution is 6.30. The van der Waals surface area contributed by atoms with Gasteiger partial charge in [0.2, 0.25) is 23.4 Å². The van der Waals surface area contributed by atoms with Crippen LogP contribution in [-0.4, -0.2) is 38.3 Å². The smallest absolute Gasteiger partial charge is 0.241 e. The Kier molecular flexibility index (Phi) is 5.48. The van der Waals surface area contributed by atoms with Gasteiger partial charge >= 0.3 is 0 Å². The maximum Gasteiger partial charge on any atom is 0.241 e. The zero-order valence-corrected chi connectivity index (χ0v) is 17.3. The van der Waals surface area contributed by atoms with Gasteiger partial charge in [0.1, 0.15) is 5.82 Å². The maximum absolute atomic E-state index is 13.5. The fraction of sp³-hybridized carbons (Fsp3) is 0.273. The summed E-state index contributed by atoms with van der Waals surface area (Å²) in [6.45, 7) is 2.19. The van der Waals surface area contributed by atoms with Crippen molar-refractivity contribution >= 4 is 11.6 Å². The van der Waals surface area contributed by atoms with Crippen molar-refractivity contribution in [1.29, 1.82) is 0 Å². The van der Waals surface area contributed by atoms with E-state index < -0.39 is 0 Å². The summed E-state index contributed by atoms with van der Waals surface area (Å²) >= 11 is 6.05. The molecule has 2 aromatic heterocycles. The molecule has 1 unspecified atom stereocenters. The van der Waals surface area contributed by atoms with Gasteiger partial charge in [0.25, 0.3) is 0 Å². The molecule has 31 heavy (non-hydrogen) atoms. The van der Waals surface area contributed by atoms with Crippen molar-refractivity contribution in [2.45, 2.75) is 25.3 Å². The van der Waals surface area contributed by atoms with E-state index in [4.69, 9.17) is 20.6 Å². The molecule has 5 rings (SSSR count). The monoisotopic (exact) mass is 439 g/mol. The first-order chi connectivity index (χ1) is 15.1. The summed E-state index contributed by atoms with van der Waals surface area (Å²) in [6, 6.07) is 13.5. The van der Waals surface area contributed by atoms with Crippen LogP contribution >= 0.6 is 11.6 Å². The van der Waals surface area contributed by atoms with Crippen LogP contribution in [0.2, 0.25) is 5.02 Å². The van der Waals surface area contributed by atoms with Crippen LogP contribution in [0.3, 0.4) is 0 Å². The van der Waals surface area contributed by atoms with E-state index in [1.165, 1.54) is 12.1 Å². The van der Waals surface area contributed by atoms with Crippen molar-refractivity contribution in [2.24, 2.45) is 0 Å². The van der Waals surface area contributed by atoms with E-state index in [0.29, 0.717) is 40.6 Å². The summed E-state index contributed by atoms with van der Waals surface area (Å²) in [5, 5.41) is 8.73. The minimum atomic E-state index is -0.329. The van der Waals surface area contributed by atoms with Gasteiger partial charge < -0.3 is 9.05 Å². The van der Waals surface area contributed by atoms with Crippen LogP contribution in [0.25, 0.3) is 22.8 Å². The Labute approximate surface area is 182 Å². The quantitative estimate of drug-likeness (QED) is 0.434. The summed E-state index contributed by atoms with van der Waals surface area (Å²) in [7, 11) is 0. The van der Waals surface area contributed by atoms with Gasteiger partial charge in [0.05, 0.1) is 12.5 Å². The molecule has 0 spiro atoms. The van der Waals surface area contributed by atoms with Crippen LogP contribution in [0, 0.1) is 5.82 Å². The van der Waals surface area contributed by atoms with Crippen LogP contribution < -0.4 is 0 Å². The van der Waals surface area contributed by atoms with E-state index in [1.54, 1.807) is 24.3 Å². The van der Waals surface area contributed by atoms with Crippen LogP contribution in [-0.2, 0) is 6.54 Å². The van der Waals surface area contributed by atoms with E-state index in [9.17, 15) is 4.39 Å². The lowest BCUT2D eigenvalue weighted by Crippen LogP contribution is -2.34. The molecule has 3 heterocycles. The van der Waals surface area contributed by atoms with Crippen molar-refractivity contribution in [3.05, 3.63) is 71.2 Å². The second kappa shape index (κ2) is 8.56. The average molecular weight is 440 g/mol. The fourth-order valence-electron chi connectivity index (χ4n) is 3.80. The first-order valence-electron chi connectivity index (χ1n) is 10.0. The average Bonchev–Trinajstić information content (AvgIpc) is 3.44. The molecule has 1 atom stereocenters. The fourth-order valence-corrected chi connectivity index (χ4v) is 3.99. The van der Waals surface area contributed by atoms with Crippen molar-refractivity contribution in [2.75, 3.05) is 13.1 Å². The van der Waals surface area contributed by atoms with Gasteiger partial charge in [-0.2, -0.15) is 9.97 Å². The zero-order valence-electron chi connectivity index (χ0n) is 16.5. The Bertz CT molecular complexity index is 1190. The van der Waals surface area contributed by atoms with Crippen molar-refractivity contribution < 1.29 is 13.4 Å². The summed E-state index contributed by atoms with van der Waals surface area (Å²) in [5.74, 6) is 1.79. The highest BCUT2D eigenvalue weighted by atomic mass is 35.5. The van der Waals surface area contributed by atoms with Crippen molar-refractivity contribution in [3.8, 4) is 22.8 Å². The third-order valence-electron chi connectivity index (χ3n) is 5.29. The van der Waals surface area contributed by atoms with Crippen LogP contribution in [0.15, 0.2) is 57.6 Å². The molecule has 0 bridgehead atoms. The van der Waals surface area contributed by atoms with Gasteiger partial charge in [-0.25, -0.2) is 4.39 Å². The minimum absolute atomic E-state index is 0.0962. The number of benzene rings is 2. The Morgan fingerprint density at radius 2 is 1.77 bits per heavy atom. The van der Waals surface area contributed by atoms with Gasteiger partial charge in [-0.1, -0.05) is 46.2 Å². The third-order valence-corrected chi connectivity index (χ3v) is 5.52. The molecule has 1 aliphatic heterocycles. The predicted octanol–water partition coefficient (Wildman–Crippen LogP) is 4.96. The molecular formula is C22H19ClFN5O2. The summed E-state index contributed by atoms with van der Waals surface area (Å²) in [4.78, 5) is 11.2. The van der Waals surface area contributed by atoms with Crippen LogP contribution in [0.5, 0.6) is 0 Å². The van der Waals surface area contributed by atoms with Crippen molar-refractivity contribution in [3.63, 3.8) is 0 Å². The standard InChI is InChI=1S/C22H19ClFN5O2/c23-17-7-1-4-14(10-17)20-25-19(30-27-20)13-29-9-3-6-16(12-29)22-26-21(28-31-22)15-5-2-8-18(24)11-15/h1-2,4-5,7-8,10-11,16H,3,6,9,12-13H2. The Balaban J connectivity index is 1.26. The lowest BCUT2D eigenvalue weighted by molar-refractivity contribution is 0.162. The molecule has 1 fully saturated rings. The lowest BCUT2D eigenvalue weighted by Gasteiger charge is -2.29. The summed E-state index contributed by atoms with van der Waals surface area (Å²) in [6.07, 6.45) is 1.93. The number of rotatable bonds is 5. The molecule has 9 heteroatoms. The second-order valence-electron chi connectivity index (χ2n) is 7.56. The van der Waals surface area contributed by atoms with E-state index in [0.717, 1.165) is 31.5 Å². The highest BCUT2D eigenvalue weighted by Crippen LogP contribution is 2.29. The zero-order chi connectivity index (χ0) is 21.2. The van der Waals surface area contributed by atoms with Crippen molar-refractivity contribution in [1.82, 2.24) is 25.2 Å². The summed E-state index contributed by atoms with van der Waals surface area (Å²) < 4.78 is 24.4. The largest absolute Gasteiger partial charge is 0.339 e. The molecule has 0 radical (unpaired) electrons. The molecule has 0 saturated carbocycles. The van der Waals surface area contributed by atoms with E-state index in [2.05, 4.69) is 25.2 Å². The normalized spacial score (nSPS) is 17.2. The van der Waals surface area contributed by atoms with Gasteiger partial charge in [-0.05, 0) is 43.7 Å². The summed E-state index contributed by atoms with van der Waals surface area (Å²) in [5.41, 5.74) is 1.41. The highest BCUT2D eigenvalue weighted by Gasteiger charge is 2.27. The SMILES string of the molecule is Fc1cccc(-c2noc(C3CCCN(Cc4nc(-c5cccc(Cl)c5)no4)C3)n2)c1. The molecule has 2 aromatic carbocycles. The third kappa shape index (κ3) is 4.50. The number of piperidine rings is 1. The van der Waals surface area contributed by atoms with E-state index in [-0.39, 0.29) is 11.7 Å². The van der Waals surface area contributed by atoms with Gasteiger partial charge in [0.15, 0.2) is 0 Å². The number of halogens is 2. The second-order valence-corrected chi connectivity index (χ2v) is 8.00. The molecular weight excluding hydrogens is 421 g/mol. The Morgan fingerprint density at radius 1 is 1.00 bits per heavy atom. The maximum atomic E-state index is 13.5. The van der Waals surface area contributed by atoms with Gasteiger partial charge in [-0.15, -0.1) is 0 Å². The molecule has 1 saturated heterocycles. The van der Waals surface area contributed by atoms with E-state index >= 15 is 0 Å². The Morgan fingerprint density at radius 3 is 2.61 bits per heavy atom. The van der Waals surface area contributed by atoms with Crippen LogP contribution in [0.1, 0.15) is 30.5 Å². The van der Waals surface area contributed by atoms with E-state index in [1.807, 2.05) is 12.1 Å². The number of hydrogen-bond acceptors (Lipinski definition) is 7. The molecule has 0 aliphatic carbocycles. The molecule has 4 aromatic rings. The number of aromatic nitrogens is 4. The van der Waals surface area contributed by atoms with Gasteiger partial charge in [-0.3, -0.25) is 4.90 Å². The predicted molar refractivity (Wildman–Crippen MR) is 112 cm³/mol. The number of hydrogen-bond donors (Lipinski definition) is 0. The Hall–Kier alpha value is -3.10. The first kappa shape index (κ1) is 19.8. The minimum Gasteiger partial charge on any atom is -0.339 e. The van der Waals surface area contributed by atoms with Crippen LogP contribution in [0.4, 0.5) is 4.39 Å². The van der Waals surface area contributed by atoms with Gasteiger partial charge in [0, 0.05) is 22.7 Å². The topological polar surface area (TPSA) is 81.1 Å². The number of likely N-dealkylation sites (tertiary alicyclic amines) is 1. The first-order valence-corrected chi connectivity index (χ1v) is 10.4. The molecule has 1 aliphatic rings. The molecule has 158 valence electrons. The molecule has 0 amide bonds. The molecule has 0 N–H and O–H groups in total. The molecule has 7 nitrogen and oxygen atoms in total. The lowest BCUT2D eigenvalue weighted by atomic mass is 9.98. The number of nitrogens with zero attached hydrogens (tertiary/aromatic N) is 5.